The fourth-order valence-corrected chi connectivity index (χ4v) is 5.06. The van der Waals surface area contributed by atoms with Gasteiger partial charge in [-0.2, -0.15) is 0 Å². The van der Waals surface area contributed by atoms with Gasteiger partial charge in [0.2, 0.25) is 0 Å². The van der Waals surface area contributed by atoms with Crippen LogP contribution in [0.2, 0.25) is 0 Å². The van der Waals surface area contributed by atoms with Crippen LogP contribution in [0.25, 0.3) is 11.4 Å². The van der Waals surface area contributed by atoms with Gasteiger partial charge in [0.05, 0.1) is 16.8 Å². The zero-order valence-electron chi connectivity index (χ0n) is 16.0. The molecular formula is C20H22N6OS2. The van der Waals surface area contributed by atoms with Crippen molar-refractivity contribution in [1.29, 1.82) is 0 Å². The smallest absolute Gasteiger partial charge is 0.192 e. The molecular weight excluding hydrogens is 404 g/mol. The number of anilines is 1. The van der Waals surface area contributed by atoms with Gasteiger partial charge in [-0.25, -0.2) is 4.98 Å². The van der Waals surface area contributed by atoms with Crippen molar-refractivity contribution in [3.05, 3.63) is 48.3 Å². The van der Waals surface area contributed by atoms with Gasteiger partial charge in [0, 0.05) is 37.6 Å². The fourth-order valence-electron chi connectivity index (χ4n) is 3.23. The molecule has 1 saturated heterocycles. The van der Waals surface area contributed by atoms with Gasteiger partial charge in [-0.3, -0.25) is 14.3 Å². The predicted octanol–water partition coefficient (Wildman–Crippen LogP) is 3.95. The predicted molar refractivity (Wildman–Crippen MR) is 117 cm³/mol. The molecule has 4 heterocycles. The number of hydrogen-bond acceptors (Lipinski definition) is 8. The summed E-state index contributed by atoms with van der Waals surface area (Å²) < 4.78 is 1.96. The Bertz CT molecular complexity index is 978. The summed E-state index contributed by atoms with van der Waals surface area (Å²) in [6, 6.07) is 3.78. The maximum absolute atomic E-state index is 12.7. The van der Waals surface area contributed by atoms with Gasteiger partial charge in [-0.15, -0.1) is 16.8 Å². The molecule has 0 spiro atoms. The Morgan fingerprint density at radius 1 is 1.21 bits per heavy atom. The standard InChI is InChI=1S/C20H22N6OS2/c1-2-10-26-18(15-6-8-21-9-7-15)23-24-20(26)28-14-16(27)17-13-22-19(29-17)25-11-4-3-5-12-25/h2,6-9,13H,1,3-5,10-12,14H2. The van der Waals surface area contributed by atoms with Crippen LogP contribution in [-0.2, 0) is 6.54 Å². The van der Waals surface area contributed by atoms with Crippen molar-refractivity contribution in [3.8, 4) is 11.4 Å². The van der Waals surface area contributed by atoms with Crippen LogP contribution in [0.3, 0.4) is 0 Å². The number of Topliss-reactive ketones (excluding diaryl/α,β-unsaturated/α-hetero) is 1. The number of carbonyl (C=O) groups excluding carboxylic acids is 1. The molecule has 150 valence electrons. The van der Waals surface area contributed by atoms with E-state index in [4.69, 9.17) is 0 Å². The SMILES string of the molecule is C=CCn1c(SCC(=O)c2cnc(N3CCCCC3)s2)nnc1-c1ccncc1. The van der Waals surface area contributed by atoms with Crippen LogP contribution in [0.5, 0.6) is 0 Å². The first-order valence-corrected chi connectivity index (χ1v) is 11.4. The minimum Gasteiger partial charge on any atom is -0.348 e. The Kier molecular flexibility index (Phi) is 6.36. The summed E-state index contributed by atoms with van der Waals surface area (Å²) in [5, 5.41) is 10.3. The Morgan fingerprint density at radius 3 is 2.76 bits per heavy atom. The molecule has 29 heavy (non-hydrogen) atoms. The minimum absolute atomic E-state index is 0.0642. The fraction of sp³-hybridized carbons (Fsp3) is 0.350. The Morgan fingerprint density at radius 2 is 2.00 bits per heavy atom. The molecule has 0 saturated carbocycles. The molecule has 1 fully saturated rings. The molecule has 1 aliphatic heterocycles. The largest absolute Gasteiger partial charge is 0.348 e. The summed E-state index contributed by atoms with van der Waals surface area (Å²) in [4.78, 5) is 24.2. The molecule has 3 aromatic heterocycles. The Balaban J connectivity index is 1.45. The molecule has 0 atom stereocenters. The van der Waals surface area contributed by atoms with Gasteiger partial charge >= 0.3 is 0 Å². The highest BCUT2D eigenvalue weighted by molar-refractivity contribution is 7.99. The summed E-state index contributed by atoms with van der Waals surface area (Å²) in [7, 11) is 0. The summed E-state index contributed by atoms with van der Waals surface area (Å²) in [6.07, 6.45) is 10.6. The van der Waals surface area contributed by atoms with Crippen molar-refractivity contribution in [2.45, 2.75) is 31.0 Å². The van der Waals surface area contributed by atoms with E-state index in [1.807, 2.05) is 16.7 Å². The molecule has 0 radical (unpaired) electrons. The van der Waals surface area contributed by atoms with Gasteiger partial charge in [-0.05, 0) is 31.4 Å². The van der Waals surface area contributed by atoms with Crippen LogP contribution in [0, 0.1) is 0 Å². The third kappa shape index (κ3) is 4.56. The van der Waals surface area contributed by atoms with Crippen molar-refractivity contribution in [2.24, 2.45) is 0 Å². The summed E-state index contributed by atoms with van der Waals surface area (Å²) >= 11 is 2.88. The van der Waals surface area contributed by atoms with Crippen molar-refractivity contribution >= 4 is 34.0 Å². The van der Waals surface area contributed by atoms with Crippen LogP contribution in [-0.4, -0.2) is 49.4 Å². The highest BCUT2D eigenvalue weighted by atomic mass is 32.2. The van der Waals surface area contributed by atoms with Crippen LogP contribution in [0.1, 0.15) is 28.9 Å². The third-order valence-corrected chi connectivity index (χ3v) is 6.76. The van der Waals surface area contributed by atoms with Crippen molar-refractivity contribution < 1.29 is 4.79 Å². The molecule has 0 bridgehead atoms. The van der Waals surface area contributed by atoms with Gasteiger partial charge in [0.25, 0.3) is 0 Å². The second-order valence-electron chi connectivity index (χ2n) is 6.71. The van der Waals surface area contributed by atoms with E-state index >= 15 is 0 Å². The maximum atomic E-state index is 12.7. The van der Waals surface area contributed by atoms with E-state index in [0.717, 1.165) is 29.6 Å². The van der Waals surface area contributed by atoms with E-state index < -0.39 is 0 Å². The minimum atomic E-state index is 0.0642. The molecule has 9 heteroatoms. The highest BCUT2D eigenvalue weighted by Gasteiger charge is 2.19. The van der Waals surface area contributed by atoms with E-state index in [2.05, 4.69) is 31.6 Å². The van der Waals surface area contributed by atoms with Crippen LogP contribution in [0.15, 0.2) is 48.5 Å². The lowest BCUT2D eigenvalue weighted by Crippen LogP contribution is -2.29. The Labute approximate surface area is 177 Å². The number of carbonyl (C=O) groups is 1. The number of aromatic nitrogens is 5. The van der Waals surface area contributed by atoms with E-state index in [-0.39, 0.29) is 5.78 Å². The lowest BCUT2D eigenvalue weighted by molar-refractivity contribution is 0.102. The summed E-state index contributed by atoms with van der Waals surface area (Å²) in [5.41, 5.74) is 0.932. The van der Waals surface area contributed by atoms with Crippen LogP contribution < -0.4 is 4.90 Å². The first kappa shape index (κ1) is 19.8. The normalized spacial score (nSPS) is 14.1. The van der Waals surface area contributed by atoms with Crippen molar-refractivity contribution in [1.82, 2.24) is 24.7 Å². The monoisotopic (exact) mass is 426 g/mol. The second kappa shape index (κ2) is 9.32. The van der Waals surface area contributed by atoms with Crippen LogP contribution >= 0.6 is 23.1 Å². The third-order valence-electron chi connectivity index (χ3n) is 4.69. The van der Waals surface area contributed by atoms with E-state index in [1.54, 1.807) is 24.7 Å². The topological polar surface area (TPSA) is 76.8 Å². The van der Waals surface area contributed by atoms with Gasteiger partial charge in [0.15, 0.2) is 21.9 Å². The van der Waals surface area contributed by atoms with Crippen molar-refractivity contribution in [3.63, 3.8) is 0 Å². The molecule has 1 aliphatic rings. The molecule has 7 nitrogen and oxygen atoms in total. The number of thiazole rings is 1. The average Bonchev–Trinajstić information content (AvgIpc) is 3.41. The molecule has 0 aliphatic carbocycles. The highest BCUT2D eigenvalue weighted by Crippen LogP contribution is 2.28. The second-order valence-corrected chi connectivity index (χ2v) is 8.66. The number of piperidine rings is 1. The number of nitrogens with zero attached hydrogens (tertiary/aromatic N) is 6. The lowest BCUT2D eigenvalue weighted by atomic mass is 10.1. The van der Waals surface area contributed by atoms with E-state index in [0.29, 0.717) is 22.3 Å². The van der Waals surface area contributed by atoms with Crippen molar-refractivity contribution in [2.75, 3.05) is 23.7 Å². The maximum Gasteiger partial charge on any atom is 0.192 e. The zero-order chi connectivity index (χ0) is 20.1. The number of ketones is 1. The number of allylic oxidation sites excluding steroid dienone is 1. The molecule has 0 aromatic carbocycles. The van der Waals surface area contributed by atoms with Crippen LogP contribution in [0.4, 0.5) is 5.13 Å². The summed E-state index contributed by atoms with van der Waals surface area (Å²) in [5.74, 6) is 1.11. The Hall–Kier alpha value is -2.52. The summed E-state index contributed by atoms with van der Waals surface area (Å²) in [6.45, 7) is 6.45. The quantitative estimate of drug-likeness (QED) is 0.307. The number of pyridine rings is 1. The first-order valence-electron chi connectivity index (χ1n) is 9.57. The zero-order valence-corrected chi connectivity index (χ0v) is 17.7. The number of hydrogen-bond donors (Lipinski definition) is 0. The molecule has 4 rings (SSSR count). The average molecular weight is 427 g/mol. The lowest BCUT2D eigenvalue weighted by Gasteiger charge is -2.25. The molecule has 0 unspecified atom stereocenters. The molecule has 0 amide bonds. The molecule has 0 N–H and O–H groups in total. The number of thioether (sulfide) groups is 1. The van der Waals surface area contributed by atoms with Gasteiger partial charge < -0.3 is 4.90 Å². The number of rotatable bonds is 8. The van der Waals surface area contributed by atoms with E-state index in [1.165, 1.54) is 42.4 Å². The van der Waals surface area contributed by atoms with Gasteiger partial charge in [0.1, 0.15) is 0 Å². The first-order chi connectivity index (χ1) is 14.3. The van der Waals surface area contributed by atoms with Gasteiger partial charge in [-0.1, -0.05) is 29.2 Å². The van der Waals surface area contributed by atoms with E-state index in [9.17, 15) is 4.79 Å². The molecule has 3 aromatic rings.